The van der Waals surface area contributed by atoms with E-state index < -0.39 is 29.5 Å². The molecular weight excluding hydrogens is 491 g/mol. The fraction of sp³-hybridized carbons (Fsp3) is 0.208. The summed E-state index contributed by atoms with van der Waals surface area (Å²) in [5.41, 5.74) is 1.44. The molecule has 0 aliphatic rings. The van der Waals surface area contributed by atoms with Crippen LogP contribution in [0.1, 0.15) is 30.5 Å². The zero-order chi connectivity index (χ0) is 24.0. The van der Waals surface area contributed by atoms with Crippen molar-refractivity contribution in [3.63, 3.8) is 0 Å². The molecule has 174 valence electrons. The second-order valence-electron chi connectivity index (χ2n) is 7.18. The van der Waals surface area contributed by atoms with Crippen LogP contribution in [0.15, 0.2) is 65.6 Å². The van der Waals surface area contributed by atoms with Gasteiger partial charge in [-0.25, -0.2) is 13.2 Å². The number of benzene rings is 3. The van der Waals surface area contributed by atoms with E-state index >= 15 is 0 Å². The lowest BCUT2D eigenvalue weighted by Crippen LogP contribution is -2.21. The van der Waals surface area contributed by atoms with E-state index in [9.17, 15) is 18.0 Å². The molecule has 3 rings (SSSR count). The standard InChI is InChI=1S/C24H21ClF3NO2S2/c1-15(21-8-4-18(26)12-16(21)14-32-11-10-24(30)31)29(23-13-19(27)5-9-22(23)28)33-20-6-2-17(25)3-7-20/h2-9,12-13,15H,10-11,14H2,1H3,(H,30,31). The minimum Gasteiger partial charge on any atom is -0.481 e. The van der Waals surface area contributed by atoms with Crippen molar-refractivity contribution in [2.24, 2.45) is 0 Å². The average molecular weight is 512 g/mol. The first-order valence-corrected chi connectivity index (χ1v) is 12.3. The molecule has 0 amide bonds. The molecule has 3 aromatic carbocycles. The van der Waals surface area contributed by atoms with Gasteiger partial charge in [-0.15, -0.1) is 0 Å². The van der Waals surface area contributed by atoms with Gasteiger partial charge in [0, 0.05) is 27.5 Å². The third-order valence-electron chi connectivity index (χ3n) is 4.79. The summed E-state index contributed by atoms with van der Waals surface area (Å²) in [5.74, 6) is -1.74. The Morgan fingerprint density at radius 1 is 1.03 bits per heavy atom. The van der Waals surface area contributed by atoms with Crippen molar-refractivity contribution in [2.75, 3.05) is 10.1 Å². The number of carbonyl (C=O) groups is 1. The molecule has 3 aromatic rings. The molecular formula is C24H21ClF3NO2S2. The summed E-state index contributed by atoms with van der Waals surface area (Å²) >= 11 is 8.56. The van der Waals surface area contributed by atoms with E-state index in [-0.39, 0.29) is 12.1 Å². The predicted molar refractivity (Wildman–Crippen MR) is 129 cm³/mol. The summed E-state index contributed by atoms with van der Waals surface area (Å²) in [6.45, 7) is 1.83. The van der Waals surface area contributed by atoms with E-state index in [1.54, 1.807) is 34.6 Å². The number of anilines is 1. The van der Waals surface area contributed by atoms with Gasteiger partial charge in [0.05, 0.1) is 18.2 Å². The van der Waals surface area contributed by atoms with E-state index in [1.807, 2.05) is 6.92 Å². The highest BCUT2D eigenvalue weighted by Gasteiger charge is 2.24. The molecule has 1 N–H and O–H groups in total. The van der Waals surface area contributed by atoms with Gasteiger partial charge in [0.2, 0.25) is 0 Å². The maximum absolute atomic E-state index is 14.8. The fourth-order valence-electron chi connectivity index (χ4n) is 3.18. The van der Waals surface area contributed by atoms with Gasteiger partial charge in [-0.2, -0.15) is 11.8 Å². The van der Waals surface area contributed by atoms with Crippen LogP contribution in [0.25, 0.3) is 0 Å². The summed E-state index contributed by atoms with van der Waals surface area (Å²) in [4.78, 5) is 11.5. The summed E-state index contributed by atoms with van der Waals surface area (Å²) < 4.78 is 44.5. The smallest absolute Gasteiger partial charge is 0.304 e. The second-order valence-corrected chi connectivity index (χ2v) is 9.77. The predicted octanol–water partition coefficient (Wildman–Crippen LogP) is 7.74. The molecule has 0 saturated carbocycles. The van der Waals surface area contributed by atoms with Crippen molar-refractivity contribution >= 4 is 47.0 Å². The van der Waals surface area contributed by atoms with Gasteiger partial charge < -0.3 is 9.41 Å². The highest BCUT2D eigenvalue weighted by Crippen LogP contribution is 2.40. The lowest BCUT2D eigenvalue weighted by Gasteiger charge is -2.32. The normalized spacial score (nSPS) is 11.9. The molecule has 3 nitrogen and oxygen atoms in total. The number of carboxylic acids is 1. The van der Waals surface area contributed by atoms with Crippen molar-refractivity contribution in [3.8, 4) is 0 Å². The number of carboxylic acid groups (broad SMARTS) is 1. The number of thioether (sulfide) groups is 1. The van der Waals surface area contributed by atoms with Crippen LogP contribution in [0.2, 0.25) is 5.02 Å². The Morgan fingerprint density at radius 2 is 1.70 bits per heavy atom. The van der Waals surface area contributed by atoms with Crippen LogP contribution in [-0.2, 0) is 10.5 Å². The lowest BCUT2D eigenvalue weighted by atomic mass is 10.0. The Kier molecular flexibility index (Phi) is 9.00. The molecule has 0 aliphatic heterocycles. The van der Waals surface area contributed by atoms with Crippen LogP contribution >= 0.6 is 35.3 Å². The Labute approximate surface area is 204 Å². The van der Waals surface area contributed by atoms with Gasteiger partial charge in [0.1, 0.15) is 17.5 Å². The van der Waals surface area contributed by atoms with Crippen LogP contribution in [0.4, 0.5) is 18.9 Å². The van der Waals surface area contributed by atoms with Gasteiger partial charge in [-0.05, 0) is 78.5 Å². The molecule has 0 radical (unpaired) electrons. The van der Waals surface area contributed by atoms with Gasteiger partial charge in [-0.3, -0.25) is 4.79 Å². The lowest BCUT2D eigenvalue weighted by molar-refractivity contribution is -0.136. The Morgan fingerprint density at radius 3 is 2.39 bits per heavy atom. The number of rotatable bonds is 10. The number of hydrogen-bond donors (Lipinski definition) is 1. The summed E-state index contributed by atoms with van der Waals surface area (Å²) in [6, 6.07) is 14.1. The molecule has 1 unspecified atom stereocenters. The first-order valence-electron chi connectivity index (χ1n) is 10.0. The average Bonchev–Trinajstić information content (AvgIpc) is 2.78. The Balaban J connectivity index is 1.97. The minimum absolute atomic E-state index is 0.00207. The van der Waals surface area contributed by atoms with Crippen LogP contribution in [-0.4, -0.2) is 16.8 Å². The quantitative estimate of drug-likeness (QED) is 0.223. The second kappa shape index (κ2) is 11.7. The molecule has 0 spiro atoms. The topological polar surface area (TPSA) is 40.5 Å². The highest BCUT2D eigenvalue weighted by molar-refractivity contribution is 8.00. The van der Waals surface area contributed by atoms with Crippen molar-refractivity contribution in [2.45, 2.75) is 30.0 Å². The largest absolute Gasteiger partial charge is 0.481 e. The van der Waals surface area contributed by atoms with Crippen LogP contribution in [0.3, 0.4) is 0 Å². The minimum atomic E-state index is -0.901. The Bertz CT molecular complexity index is 1120. The number of halogens is 4. The first kappa shape index (κ1) is 25.3. The maximum Gasteiger partial charge on any atom is 0.304 e. The number of hydrogen-bond acceptors (Lipinski definition) is 4. The third kappa shape index (κ3) is 7.09. The van der Waals surface area contributed by atoms with E-state index in [4.69, 9.17) is 16.7 Å². The van der Waals surface area contributed by atoms with Crippen molar-refractivity contribution in [1.82, 2.24) is 0 Å². The van der Waals surface area contributed by atoms with E-state index in [2.05, 4.69) is 0 Å². The van der Waals surface area contributed by atoms with E-state index in [1.165, 1.54) is 35.8 Å². The first-order chi connectivity index (χ1) is 15.7. The molecule has 0 aliphatic carbocycles. The molecule has 1 atom stereocenters. The zero-order valence-electron chi connectivity index (χ0n) is 17.6. The molecule has 0 fully saturated rings. The SMILES string of the molecule is CC(c1ccc(F)cc1CSCCC(=O)O)N(Sc1ccc(Cl)cc1)c1cc(F)ccc1F. The molecule has 0 heterocycles. The van der Waals surface area contributed by atoms with E-state index in [0.29, 0.717) is 22.1 Å². The summed E-state index contributed by atoms with van der Waals surface area (Å²) in [5, 5.41) is 9.40. The molecule has 0 bridgehead atoms. The summed E-state index contributed by atoms with van der Waals surface area (Å²) in [6.07, 6.45) is -0.00207. The monoisotopic (exact) mass is 511 g/mol. The Hall–Kier alpha value is -2.29. The molecule has 9 heteroatoms. The van der Waals surface area contributed by atoms with Gasteiger partial charge in [0.15, 0.2) is 0 Å². The van der Waals surface area contributed by atoms with Crippen LogP contribution < -0.4 is 4.31 Å². The maximum atomic E-state index is 14.8. The molecule has 0 saturated heterocycles. The molecule has 0 aromatic heterocycles. The third-order valence-corrected chi connectivity index (χ3v) is 7.24. The van der Waals surface area contributed by atoms with Gasteiger partial charge in [0.25, 0.3) is 0 Å². The van der Waals surface area contributed by atoms with E-state index in [0.717, 1.165) is 28.7 Å². The van der Waals surface area contributed by atoms with Crippen molar-refractivity contribution in [3.05, 3.63) is 94.3 Å². The zero-order valence-corrected chi connectivity index (χ0v) is 20.0. The highest BCUT2D eigenvalue weighted by atomic mass is 35.5. The van der Waals surface area contributed by atoms with Crippen molar-refractivity contribution in [1.29, 1.82) is 0 Å². The van der Waals surface area contributed by atoms with Gasteiger partial charge >= 0.3 is 5.97 Å². The number of nitrogens with zero attached hydrogens (tertiary/aromatic N) is 1. The van der Waals surface area contributed by atoms with Crippen LogP contribution in [0, 0.1) is 17.5 Å². The summed E-state index contributed by atoms with van der Waals surface area (Å²) in [7, 11) is 0. The van der Waals surface area contributed by atoms with Crippen LogP contribution in [0.5, 0.6) is 0 Å². The fourth-order valence-corrected chi connectivity index (χ4v) is 5.23. The van der Waals surface area contributed by atoms with Gasteiger partial charge in [-0.1, -0.05) is 17.7 Å². The van der Waals surface area contributed by atoms with Crippen molar-refractivity contribution < 1.29 is 23.1 Å². The molecule has 33 heavy (non-hydrogen) atoms. The number of aliphatic carboxylic acids is 1.